The number of esters is 1. The normalized spacial score (nSPS) is 21.5. The number of carbonyl (C=O) groups excluding carboxylic acids is 3. The highest BCUT2D eigenvalue weighted by Gasteiger charge is 2.53. The van der Waals surface area contributed by atoms with Crippen molar-refractivity contribution in [2.75, 3.05) is 13.2 Å². The molecule has 10 heteroatoms. The Hall–Kier alpha value is -2.94. The number of halogens is 2. The molecule has 1 fully saturated rings. The van der Waals surface area contributed by atoms with Crippen molar-refractivity contribution in [3.8, 4) is 0 Å². The summed E-state index contributed by atoms with van der Waals surface area (Å²) in [6.07, 6.45) is 1.06. The van der Waals surface area contributed by atoms with Crippen LogP contribution in [0.4, 0.5) is 0 Å². The Bertz CT molecular complexity index is 1390. The number of nitrogens with one attached hydrogen (secondary N) is 1. The van der Waals surface area contributed by atoms with Crippen molar-refractivity contribution in [2.45, 2.75) is 91.1 Å². The van der Waals surface area contributed by atoms with E-state index >= 15 is 0 Å². The maximum Gasteiger partial charge on any atom is 0.308 e. The van der Waals surface area contributed by atoms with Gasteiger partial charge in [0.15, 0.2) is 0 Å². The summed E-state index contributed by atoms with van der Waals surface area (Å²) in [4.78, 5) is 45.9. The molecular weight excluding hydrogens is 589 g/mol. The van der Waals surface area contributed by atoms with Crippen LogP contribution in [0, 0.1) is 5.41 Å². The molecule has 2 aliphatic rings. The van der Waals surface area contributed by atoms with Gasteiger partial charge in [-0.2, -0.15) is 0 Å². The fourth-order valence-electron chi connectivity index (χ4n) is 5.56. The first kappa shape index (κ1) is 33.0. The Balaban J connectivity index is 1.57. The lowest BCUT2D eigenvalue weighted by Gasteiger charge is -2.47. The molecule has 0 aliphatic carbocycles. The van der Waals surface area contributed by atoms with Crippen LogP contribution >= 0.6 is 23.2 Å². The molecule has 0 saturated carbocycles. The molecule has 2 heterocycles. The highest BCUT2D eigenvalue weighted by molar-refractivity contribution is 6.47. The van der Waals surface area contributed by atoms with Gasteiger partial charge in [-0.05, 0) is 69.0 Å². The van der Waals surface area contributed by atoms with Crippen LogP contribution in [-0.2, 0) is 19.1 Å². The van der Waals surface area contributed by atoms with Crippen LogP contribution in [0.3, 0.4) is 0 Å². The number of benzene rings is 2. The quantitative estimate of drug-likeness (QED) is 0.341. The van der Waals surface area contributed by atoms with E-state index in [4.69, 9.17) is 37.7 Å². The lowest BCUT2D eigenvalue weighted by molar-refractivity contribution is -0.154. The number of ether oxygens (including phenoxy) is 2. The highest BCUT2D eigenvalue weighted by atomic mass is 35.5. The van der Waals surface area contributed by atoms with Crippen LogP contribution in [0.15, 0.2) is 47.5 Å². The summed E-state index contributed by atoms with van der Waals surface area (Å²) in [6, 6.07) is 11.8. The van der Waals surface area contributed by atoms with Crippen LogP contribution in [0.2, 0.25) is 10.0 Å². The minimum atomic E-state index is -0.811. The predicted molar refractivity (Wildman–Crippen MR) is 169 cm³/mol. The van der Waals surface area contributed by atoms with Crippen molar-refractivity contribution in [2.24, 2.45) is 10.4 Å². The number of rotatable bonds is 7. The molecule has 2 aromatic carbocycles. The number of hydrogen-bond acceptors (Lipinski definition) is 6. The van der Waals surface area contributed by atoms with E-state index in [-0.39, 0.29) is 48.3 Å². The molecule has 1 saturated heterocycles. The molecular formula is C33H41Cl2N3O5. The fraction of sp³-hybridized carbons (Fsp3) is 0.515. The predicted octanol–water partition coefficient (Wildman–Crippen LogP) is 6.77. The van der Waals surface area contributed by atoms with Gasteiger partial charge in [0.2, 0.25) is 0 Å². The number of carbonyl (C=O) groups is 3. The van der Waals surface area contributed by atoms with Crippen molar-refractivity contribution in [3.05, 3.63) is 69.2 Å². The molecule has 0 bridgehead atoms. The highest BCUT2D eigenvalue weighted by Crippen LogP contribution is 2.46. The fourth-order valence-corrected chi connectivity index (χ4v) is 6.09. The van der Waals surface area contributed by atoms with Gasteiger partial charge in [-0.25, -0.2) is 0 Å². The van der Waals surface area contributed by atoms with Gasteiger partial charge in [-0.15, -0.1) is 0 Å². The lowest BCUT2D eigenvalue weighted by Crippen LogP contribution is -2.55. The Morgan fingerprint density at radius 2 is 1.72 bits per heavy atom. The third-order valence-electron chi connectivity index (χ3n) is 7.70. The lowest BCUT2D eigenvalue weighted by atomic mass is 9.80. The number of aliphatic imine (C=N–C) groups is 1. The topological polar surface area (TPSA) is 97.3 Å². The third-order valence-corrected chi connectivity index (χ3v) is 8.14. The van der Waals surface area contributed by atoms with Gasteiger partial charge < -0.3 is 19.7 Å². The summed E-state index contributed by atoms with van der Waals surface area (Å²) >= 11 is 12.6. The van der Waals surface area contributed by atoms with E-state index in [0.29, 0.717) is 46.3 Å². The van der Waals surface area contributed by atoms with Gasteiger partial charge in [0.05, 0.1) is 25.2 Å². The summed E-state index contributed by atoms with van der Waals surface area (Å²) in [5.41, 5.74) is 0.675. The van der Waals surface area contributed by atoms with Crippen molar-refractivity contribution in [3.63, 3.8) is 0 Å². The monoisotopic (exact) mass is 629 g/mol. The number of amides is 2. The van der Waals surface area contributed by atoms with E-state index in [1.54, 1.807) is 51.1 Å². The first-order chi connectivity index (χ1) is 20.0. The Morgan fingerprint density at radius 3 is 2.30 bits per heavy atom. The summed E-state index contributed by atoms with van der Waals surface area (Å²) in [5.74, 6) is -0.869. The van der Waals surface area contributed by atoms with E-state index in [1.807, 2.05) is 24.0 Å². The smallest absolute Gasteiger partial charge is 0.308 e. The van der Waals surface area contributed by atoms with Gasteiger partial charge in [-0.1, -0.05) is 56.1 Å². The van der Waals surface area contributed by atoms with Crippen LogP contribution in [0.5, 0.6) is 0 Å². The van der Waals surface area contributed by atoms with E-state index < -0.39 is 11.3 Å². The minimum Gasteiger partial charge on any atom is -0.460 e. The molecule has 0 aromatic heterocycles. The summed E-state index contributed by atoms with van der Waals surface area (Å²) in [7, 11) is 0. The summed E-state index contributed by atoms with van der Waals surface area (Å²) in [5, 5.41) is 3.62. The molecule has 2 amide bonds. The van der Waals surface area contributed by atoms with Crippen molar-refractivity contribution < 1.29 is 23.9 Å². The second-order valence-corrected chi connectivity index (χ2v) is 14.2. The van der Waals surface area contributed by atoms with Crippen LogP contribution in [0.1, 0.15) is 95.3 Å². The van der Waals surface area contributed by atoms with Crippen molar-refractivity contribution in [1.82, 2.24) is 10.2 Å². The zero-order valence-electron chi connectivity index (χ0n) is 25.9. The zero-order chi connectivity index (χ0) is 31.7. The second-order valence-electron chi connectivity index (χ2n) is 13.3. The van der Waals surface area contributed by atoms with Gasteiger partial charge in [0.1, 0.15) is 17.0 Å². The van der Waals surface area contributed by atoms with Crippen molar-refractivity contribution >= 4 is 46.7 Å². The maximum absolute atomic E-state index is 14.2. The Kier molecular flexibility index (Phi) is 9.64. The SMILES string of the molecule is C[C@H](c1ccc(C(=O)NCCC(=O)OC(C)(C)C)cc1)N1C(=O)C(c2cc(Cl)cc(Cl)c2)=NC12CCOC(C(C)(C)C)C2. The van der Waals surface area contributed by atoms with Crippen LogP contribution in [0.25, 0.3) is 0 Å². The summed E-state index contributed by atoms with van der Waals surface area (Å²) in [6.45, 7) is 14.4. The average Bonchev–Trinajstić information content (AvgIpc) is 3.17. The van der Waals surface area contributed by atoms with Gasteiger partial charge in [-0.3, -0.25) is 19.4 Å². The molecule has 2 aliphatic heterocycles. The molecule has 1 N–H and O–H groups in total. The first-order valence-electron chi connectivity index (χ1n) is 14.6. The molecule has 2 aromatic rings. The second kappa shape index (κ2) is 12.6. The largest absolute Gasteiger partial charge is 0.460 e. The molecule has 0 radical (unpaired) electrons. The Morgan fingerprint density at radius 1 is 1.09 bits per heavy atom. The Labute approximate surface area is 264 Å². The standard InChI is InChI=1S/C33H41Cl2N3O5/c1-20(21-8-10-22(11-9-21)29(40)36-14-12-27(39)43-32(5,6)7)38-30(41)28(23-16-24(34)18-25(35)17-23)37-33(38)13-15-42-26(19-33)31(2,3)4/h8-11,16-18,20,26H,12-15,19H2,1-7H3,(H,36,40)/t20-,26?,33?/m1/s1. The van der Waals surface area contributed by atoms with Gasteiger partial charge >= 0.3 is 5.97 Å². The van der Waals surface area contributed by atoms with Gasteiger partial charge in [0, 0.05) is 40.6 Å². The van der Waals surface area contributed by atoms with Crippen molar-refractivity contribution in [1.29, 1.82) is 0 Å². The average molecular weight is 631 g/mol. The molecule has 232 valence electrons. The molecule has 43 heavy (non-hydrogen) atoms. The van der Waals surface area contributed by atoms with E-state index in [0.717, 1.165) is 5.56 Å². The zero-order valence-corrected chi connectivity index (χ0v) is 27.4. The van der Waals surface area contributed by atoms with E-state index in [9.17, 15) is 14.4 Å². The number of hydrogen-bond donors (Lipinski definition) is 1. The maximum atomic E-state index is 14.2. The number of nitrogens with zero attached hydrogens (tertiary/aromatic N) is 2. The summed E-state index contributed by atoms with van der Waals surface area (Å²) < 4.78 is 11.5. The minimum absolute atomic E-state index is 0.0801. The molecule has 4 rings (SSSR count). The van der Waals surface area contributed by atoms with Crippen LogP contribution < -0.4 is 5.32 Å². The molecule has 3 atom stereocenters. The van der Waals surface area contributed by atoms with Crippen LogP contribution in [-0.4, -0.2) is 58.9 Å². The van der Waals surface area contributed by atoms with Gasteiger partial charge in [0.25, 0.3) is 11.8 Å². The molecule has 2 unspecified atom stereocenters. The third kappa shape index (κ3) is 7.78. The van der Waals surface area contributed by atoms with E-state index in [2.05, 4.69) is 26.1 Å². The molecule has 1 spiro atoms. The molecule has 8 nitrogen and oxygen atoms in total. The first-order valence-corrected chi connectivity index (χ1v) is 15.4. The van der Waals surface area contributed by atoms with E-state index in [1.165, 1.54) is 0 Å².